The van der Waals surface area contributed by atoms with Crippen LogP contribution in [0.5, 0.6) is 0 Å². The molecule has 0 unspecified atom stereocenters. The SMILES string of the molecule is Cc1cc(Cl)ccc1CNc1ccc([N+](=O)[O-])c(Cl)c1. The van der Waals surface area contributed by atoms with E-state index in [4.69, 9.17) is 23.2 Å². The quantitative estimate of drug-likeness (QED) is 0.650. The van der Waals surface area contributed by atoms with Gasteiger partial charge in [0.15, 0.2) is 0 Å². The summed E-state index contributed by atoms with van der Waals surface area (Å²) in [4.78, 5) is 10.2. The summed E-state index contributed by atoms with van der Waals surface area (Å²) in [5, 5.41) is 14.7. The van der Waals surface area contributed by atoms with Crippen LogP contribution in [-0.2, 0) is 6.54 Å². The maximum Gasteiger partial charge on any atom is 0.288 e. The molecule has 6 heteroatoms. The zero-order valence-corrected chi connectivity index (χ0v) is 12.2. The van der Waals surface area contributed by atoms with Gasteiger partial charge in [0.05, 0.1) is 4.92 Å². The van der Waals surface area contributed by atoms with Gasteiger partial charge in [-0.25, -0.2) is 0 Å². The predicted molar refractivity (Wildman–Crippen MR) is 81.6 cm³/mol. The summed E-state index contributed by atoms with van der Waals surface area (Å²) in [6.07, 6.45) is 0. The Bertz CT molecular complexity index is 660. The number of nitrogens with zero attached hydrogens (tertiary/aromatic N) is 1. The molecule has 0 amide bonds. The fraction of sp³-hybridized carbons (Fsp3) is 0.143. The molecule has 0 saturated carbocycles. The zero-order chi connectivity index (χ0) is 14.7. The molecule has 0 bridgehead atoms. The minimum Gasteiger partial charge on any atom is -0.381 e. The van der Waals surface area contributed by atoms with Crippen LogP contribution in [0, 0.1) is 17.0 Å². The zero-order valence-electron chi connectivity index (χ0n) is 10.7. The van der Waals surface area contributed by atoms with Gasteiger partial charge < -0.3 is 5.32 Å². The Morgan fingerprint density at radius 3 is 2.55 bits per heavy atom. The molecule has 104 valence electrons. The number of nitro benzene ring substituents is 1. The van der Waals surface area contributed by atoms with Crippen molar-refractivity contribution in [3.05, 3.63) is 67.7 Å². The van der Waals surface area contributed by atoms with E-state index >= 15 is 0 Å². The monoisotopic (exact) mass is 310 g/mol. The molecule has 0 fully saturated rings. The van der Waals surface area contributed by atoms with Crippen molar-refractivity contribution < 1.29 is 4.92 Å². The predicted octanol–water partition coefficient (Wildman–Crippen LogP) is 4.82. The van der Waals surface area contributed by atoms with E-state index in [-0.39, 0.29) is 10.7 Å². The number of hydrogen-bond donors (Lipinski definition) is 1. The standard InChI is InChI=1S/C14H12Cl2N2O2/c1-9-6-11(15)3-2-10(9)8-17-12-4-5-14(18(19)20)13(16)7-12/h2-7,17H,8H2,1H3. The number of anilines is 1. The normalized spacial score (nSPS) is 10.3. The van der Waals surface area contributed by atoms with Gasteiger partial charge in [0.2, 0.25) is 0 Å². The lowest BCUT2D eigenvalue weighted by atomic mass is 10.1. The molecule has 1 N–H and O–H groups in total. The van der Waals surface area contributed by atoms with Crippen molar-refractivity contribution in [2.45, 2.75) is 13.5 Å². The molecule has 20 heavy (non-hydrogen) atoms. The summed E-state index contributed by atoms with van der Waals surface area (Å²) in [5.74, 6) is 0. The van der Waals surface area contributed by atoms with Crippen LogP contribution in [-0.4, -0.2) is 4.92 Å². The third-order valence-corrected chi connectivity index (χ3v) is 3.47. The van der Waals surface area contributed by atoms with Gasteiger partial charge in [-0.1, -0.05) is 29.3 Å². The number of nitro groups is 1. The Labute approximate surface area is 126 Å². The second kappa shape index (κ2) is 6.11. The molecule has 2 aromatic rings. The maximum atomic E-state index is 10.7. The Morgan fingerprint density at radius 1 is 1.20 bits per heavy atom. The molecular weight excluding hydrogens is 299 g/mol. The van der Waals surface area contributed by atoms with Crippen molar-refractivity contribution in [2.75, 3.05) is 5.32 Å². The number of rotatable bonds is 4. The first kappa shape index (κ1) is 14.6. The van der Waals surface area contributed by atoms with Crippen LogP contribution < -0.4 is 5.32 Å². The molecular formula is C14H12Cl2N2O2. The van der Waals surface area contributed by atoms with Crippen LogP contribution in [0.15, 0.2) is 36.4 Å². The van der Waals surface area contributed by atoms with Crippen LogP contribution in [0.25, 0.3) is 0 Å². The first-order valence-electron chi connectivity index (χ1n) is 5.90. The van der Waals surface area contributed by atoms with Gasteiger partial charge in [-0.3, -0.25) is 10.1 Å². The highest BCUT2D eigenvalue weighted by Gasteiger charge is 2.11. The van der Waals surface area contributed by atoms with Crippen LogP contribution in [0.1, 0.15) is 11.1 Å². The van der Waals surface area contributed by atoms with Gasteiger partial charge in [-0.05, 0) is 42.3 Å². The molecule has 2 aromatic carbocycles. The van der Waals surface area contributed by atoms with Crippen LogP contribution in [0.2, 0.25) is 10.0 Å². The van der Waals surface area contributed by atoms with Gasteiger partial charge in [-0.2, -0.15) is 0 Å². The summed E-state index contributed by atoms with van der Waals surface area (Å²) in [6.45, 7) is 2.57. The minimum absolute atomic E-state index is 0.0973. The van der Waals surface area contributed by atoms with Crippen LogP contribution in [0.3, 0.4) is 0 Å². The number of hydrogen-bond acceptors (Lipinski definition) is 3. The molecule has 0 heterocycles. The Kier molecular flexibility index (Phi) is 4.47. The molecule has 0 aliphatic heterocycles. The van der Waals surface area contributed by atoms with Crippen LogP contribution >= 0.6 is 23.2 Å². The minimum atomic E-state index is -0.505. The van der Waals surface area contributed by atoms with Crippen molar-refractivity contribution in [1.82, 2.24) is 0 Å². The molecule has 4 nitrogen and oxygen atoms in total. The van der Waals surface area contributed by atoms with Crippen molar-refractivity contribution in [2.24, 2.45) is 0 Å². The highest BCUT2D eigenvalue weighted by molar-refractivity contribution is 6.33. The van der Waals surface area contributed by atoms with Gasteiger partial charge in [-0.15, -0.1) is 0 Å². The van der Waals surface area contributed by atoms with E-state index in [1.807, 2.05) is 25.1 Å². The average Bonchev–Trinajstić information content (AvgIpc) is 2.37. The van der Waals surface area contributed by atoms with E-state index in [2.05, 4.69) is 5.32 Å². The number of benzene rings is 2. The first-order chi connectivity index (χ1) is 9.47. The number of halogens is 2. The van der Waals surface area contributed by atoms with Crippen molar-refractivity contribution >= 4 is 34.6 Å². The topological polar surface area (TPSA) is 55.2 Å². The number of aryl methyl sites for hydroxylation is 1. The van der Waals surface area contributed by atoms with Gasteiger partial charge in [0.25, 0.3) is 5.69 Å². The van der Waals surface area contributed by atoms with Crippen molar-refractivity contribution in [3.63, 3.8) is 0 Å². The summed E-state index contributed by atoms with van der Waals surface area (Å²) in [6, 6.07) is 10.2. The summed E-state index contributed by atoms with van der Waals surface area (Å²) in [5.41, 5.74) is 2.82. The second-order valence-corrected chi connectivity index (χ2v) is 5.19. The molecule has 0 aliphatic rings. The molecule has 0 aromatic heterocycles. The number of nitrogens with one attached hydrogen (secondary N) is 1. The Morgan fingerprint density at radius 2 is 1.95 bits per heavy atom. The fourth-order valence-corrected chi connectivity index (χ4v) is 2.30. The lowest BCUT2D eigenvalue weighted by Crippen LogP contribution is -2.01. The molecule has 0 aliphatic carbocycles. The van der Waals surface area contributed by atoms with Gasteiger partial charge in [0, 0.05) is 23.3 Å². The van der Waals surface area contributed by atoms with Gasteiger partial charge in [0.1, 0.15) is 5.02 Å². The summed E-state index contributed by atoms with van der Waals surface area (Å²) in [7, 11) is 0. The molecule has 0 radical (unpaired) electrons. The largest absolute Gasteiger partial charge is 0.381 e. The second-order valence-electron chi connectivity index (χ2n) is 4.35. The van der Waals surface area contributed by atoms with E-state index in [0.29, 0.717) is 11.6 Å². The lowest BCUT2D eigenvalue weighted by molar-refractivity contribution is -0.384. The van der Waals surface area contributed by atoms with E-state index in [1.54, 1.807) is 12.1 Å². The molecule has 0 spiro atoms. The third kappa shape index (κ3) is 3.40. The summed E-state index contributed by atoms with van der Waals surface area (Å²) < 4.78 is 0. The highest BCUT2D eigenvalue weighted by atomic mass is 35.5. The lowest BCUT2D eigenvalue weighted by Gasteiger charge is -2.09. The average molecular weight is 311 g/mol. The van der Waals surface area contributed by atoms with Crippen molar-refractivity contribution in [3.8, 4) is 0 Å². The van der Waals surface area contributed by atoms with E-state index in [1.165, 1.54) is 6.07 Å². The third-order valence-electron chi connectivity index (χ3n) is 2.93. The first-order valence-corrected chi connectivity index (χ1v) is 6.66. The molecule has 0 atom stereocenters. The fourth-order valence-electron chi connectivity index (χ4n) is 1.82. The summed E-state index contributed by atoms with van der Waals surface area (Å²) >= 11 is 11.8. The van der Waals surface area contributed by atoms with Crippen LogP contribution in [0.4, 0.5) is 11.4 Å². The van der Waals surface area contributed by atoms with Crippen molar-refractivity contribution in [1.29, 1.82) is 0 Å². The Balaban J connectivity index is 2.11. The molecule has 2 rings (SSSR count). The van der Waals surface area contributed by atoms with Gasteiger partial charge >= 0.3 is 0 Å². The smallest absolute Gasteiger partial charge is 0.288 e. The molecule has 0 saturated heterocycles. The Hall–Kier alpha value is -1.78. The van der Waals surface area contributed by atoms with E-state index in [9.17, 15) is 10.1 Å². The maximum absolute atomic E-state index is 10.7. The van der Waals surface area contributed by atoms with E-state index in [0.717, 1.165) is 16.8 Å². The van der Waals surface area contributed by atoms with E-state index < -0.39 is 4.92 Å². The highest BCUT2D eigenvalue weighted by Crippen LogP contribution is 2.27.